The normalized spacial score (nSPS) is 18.2. The number of amides is 2. The van der Waals surface area contributed by atoms with Crippen LogP contribution >= 0.6 is 0 Å². The fraction of sp³-hybridized carbons (Fsp3) is 0.333. The Balaban J connectivity index is 1.90. The van der Waals surface area contributed by atoms with Crippen molar-refractivity contribution in [2.75, 3.05) is 18.4 Å². The Hall–Kier alpha value is -2.48. The predicted octanol–water partition coefficient (Wildman–Crippen LogP) is 0.0114. The highest BCUT2D eigenvalue weighted by Crippen LogP contribution is 2.15. The van der Waals surface area contributed by atoms with E-state index in [0.717, 1.165) is 0 Å². The van der Waals surface area contributed by atoms with E-state index in [2.05, 4.69) is 16.0 Å². The van der Waals surface area contributed by atoms with Crippen molar-refractivity contribution in [3.8, 4) is 0 Å². The van der Waals surface area contributed by atoms with Crippen LogP contribution in [0.5, 0.6) is 0 Å². The van der Waals surface area contributed by atoms with Gasteiger partial charge < -0.3 is 16.0 Å². The number of non-ortho nitro benzene ring substituents is 1. The van der Waals surface area contributed by atoms with Gasteiger partial charge in [-0.2, -0.15) is 0 Å². The van der Waals surface area contributed by atoms with Crippen LogP contribution in [0, 0.1) is 10.1 Å². The maximum atomic E-state index is 11.8. The lowest BCUT2D eigenvalue weighted by Gasteiger charge is -2.22. The van der Waals surface area contributed by atoms with Gasteiger partial charge in [0.1, 0.15) is 0 Å². The van der Waals surface area contributed by atoms with Crippen molar-refractivity contribution in [2.24, 2.45) is 0 Å². The molecule has 1 heterocycles. The van der Waals surface area contributed by atoms with E-state index in [9.17, 15) is 19.7 Å². The van der Waals surface area contributed by atoms with Crippen molar-refractivity contribution in [3.63, 3.8) is 0 Å². The van der Waals surface area contributed by atoms with E-state index < -0.39 is 11.0 Å². The van der Waals surface area contributed by atoms with Crippen LogP contribution < -0.4 is 16.0 Å². The fourth-order valence-corrected chi connectivity index (χ4v) is 1.88. The minimum atomic E-state index is -0.540. The molecule has 0 radical (unpaired) electrons. The summed E-state index contributed by atoms with van der Waals surface area (Å²) in [6.07, 6.45) is 0.0167. The molecule has 1 aromatic rings. The summed E-state index contributed by atoms with van der Waals surface area (Å²) in [5.74, 6) is -0.525. The number of anilines is 1. The molecule has 1 saturated heterocycles. The zero-order valence-corrected chi connectivity index (χ0v) is 10.6. The van der Waals surface area contributed by atoms with Gasteiger partial charge in [-0.3, -0.25) is 19.7 Å². The molecule has 1 aliphatic rings. The zero-order chi connectivity index (χ0) is 14.5. The molecule has 0 spiro atoms. The number of carbonyl (C=O) groups is 2. The zero-order valence-electron chi connectivity index (χ0n) is 10.6. The number of nitrogens with zero attached hydrogens (tertiary/aromatic N) is 1. The third-order valence-electron chi connectivity index (χ3n) is 2.88. The second kappa shape index (κ2) is 6.11. The van der Waals surface area contributed by atoms with Gasteiger partial charge in [-0.15, -0.1) is 0 Å². The Morgan fingerprint density at radius 1 is 1.35 bits per heavy atom. The van der Waals surface area contributed by atoms with Gasteiger partial charge in [-0.05, 0) is 12.1 Å². The highest BCUT2D eigenvalue weighted by atomic mass is 16.6. The number of benzene rings is 1. The number of nitro groups is 1. The Kier molecular flexibility index (Phi) is 4.26. The smallest absolute Gasteiger partial charge is 0.269 e. The third kappa shape index (κ3) is 3.51. The molecule has 0 bridgehead atoms. The molecule has 3 N–H and O–H groups in total. The summed E-state index contributed by atoms with van der Waals surface area (Å²) in [4.78, 5) is 33.2. The Morgan fingerprint density at radius 2 is 2.05 bits per heavy atom. The van der Waals surface area contributed by atoms with Gasteiger partial charge in [-0.25, -0.2) is 0 Å². The molecule has 8 heteroatoms. The summed E-state index contributed by atoms with van der Waals surface area (Å²) in [7, 11) is 0. The van der Waals surface area contributed by atoms with E-state index in [1.54, 1.807) is 0 Å². The van der Waals surface area contributed by atoms with Gasteiger partial charge in [0.05, 0.1) is 17.4 Å². The quantitative estimate of drug-likeness (QED) is 0.530. The van der Waals surface area contributed by atoms with Gasteiger partial charge in [0.25, 0.3) is 5.69 Å². The first-order valence-corrected chi connectivity index (χ1v) is 6.11. The Labute approximate surface area is 114 Å². The van der Waals surface area contributed by atoms with Crippen LogP contribution in [0.3, 0.4) is 0 Å². The molecule has 0 aliphatic carbocycles. The second-order valence-corrected chi connectivity index (χ2v) is 4.35. The summed E-state index contributed by atoms with van der Waals surface area (Å²) in [6, 6.07) is 4.97. The molecule has 2 rings (SSSR count). The molecule has 8 nitrogen and oxygen atoms in total. The van der Waals surface area contributed by atoms with Crippen molar-refractivity contribution in [1.29, 1.82) is 0 Å². The molecule has 1 fully saturated rings. The molecular formula is C12H14N4O4. The van der Waals surface area contributed by atoms with Crippen LogP contribution in [0.1, 0.15) is 6.42 Å². The predicted molar refractivity (Wildman–Crippen MR) is 71.1 cm³/mol. The third-order valence-corrected chi connectivity index (χ3v) is 2.88. The first-order chi connectivity index (χ1) is 9.56. The first kappa shape index (κ1) is 13.9. The lowest BCUT2D eigenvalue weighted by molar-refractivity contribution is -0.384. The minimum absolute atomic E-state index is 0.0167. The lowest BCUT2D eigenvalue weighted by Crippen LogP contribution is -2.53. The molecular weight excluding hydrogens is 264 g/mol. The number of nitrogens with one attached hydrogen (secondary N) is 3. The van der Waals surface area contributed by atoms with E-state index in [1.165, 1.54) is 24.3 Å². The van der Waals surface area contributed by atoms with E-state index in [-0.39, 0.29) is 23.9 Å². The molecule has 0 saturated carbocycles. The van der Waals surface area contributed by atoms with Crippen LogP contribution in [0.25, 0.3) is 0 Å². The Morgan fingerprint density at radius 3 is 2.65 bits per heavy atom. The molecule has 2 amide bonds. The lowest BCUT2D eigenvalue weighted by atomic mass is 10.1. The van der Waals surface area contributed by atoms with Gasteiger partial charge in [0, 0.05) is 30.9 Å². The maximum absolute atomic E-state index is 11.8. The monoisotopic (exact) mass is 278 g/mol. The molecule has 1 atom stereocenters. The summed E-state index contributed by atoms with van der Waals surface area (Å²) in [5, 5.41) is 18.7. The molecule has 20 heavy (non-hydrogen) atoms. The highest BCUT2D eigenvalue weighted by molar-refractivity contribution is 5.95. The molecule has 1 aromatic carbocycles. The largest absolute Gasteiger partial charge is 0.353 e. The number of nitro benzene ring substituents is 1. The summed E-state index contributed by atoms with van der Waals surface area (Å²) >= 11 is 0. The fourth-order valence-electron chi connectivity index (χ4n) is 1.88. The van der Waals surface area contributed by atoms with E-state index >= 15 is 0 Å². The maximum Gasteiger partial charge on any atom is 0.269 e. The van der Waals surface area contributed by atoms with Crippen molar-refractivity contribution in [2.45, 2.75) is 12.5 Å². The van der Waals surface area contributed by atoms with Crippen molar-refractivity contribution in [1.82, 2.24) is 10.6 Å². The van der Waals surface area contributed by atoms with Crippen LogP contribution in [0.15, 0.2) is 24.3 Å². The number of rotatable bonds is 4. The van der Waals surface area contributed by atoms with Crippen LogP contribution in [-0.4, -0.2) is 35.9 Å². The van der Waals surface area contributed by atoms with E-state index in [1.807, 2.05) is 0 Å². The van der Waals surface area contributed by atoms with Crippen LogP contribution in [-0.2, 0) is 9.59 Å². The van der Waals surface area contributed by atoms with Crippen LogP contribution in [0.2, 0.25) is 0 Å². The highest BCUT2D eigenvalue weighted by Gasteiger charge is 2.24. The molecule has 106 valence electrons. The van der Waals surface area contributed by atoms with Crippen molar-refractivity contribution < 1.29 is 14.5 Å². The SMILES string of the molecule is O=C(CC1NCCNC1=O)Nc1ccc([N+](=O)[O-])cc1. The number of hydrogen-bond acceptors (Lipinski definition) is 5. The molecule has 0 aromatic heterocycles. The first-order valence-electron chi connectivity index (χ1n) is 6.11. The standard InChI is InChI=1S/C12H14N4O4/c17-11(7-10-12(18)14-6-5-13-10)15-8-1-3-9(4-2-8)16(19)20/h1-4,10,13H,5-7H2,(H,14,18)(H,15,17). The number of piperazine rings is 1. The molecule has 1 unspecified atom stereocenters. The van der Waals surface area contributed by atoms with Crippen molar-refractivity contribution >= 4 is 23.2 Å². The summed E-state index contributed by atoms with van der Waals surface area (Å²) in [6.45, 7) is 1.18. The van der Waals surface area contributed by atoms with Crippen LogP contribution in [0.4, 0.5) is 11.4 Å². The number of carbonyl (C=O) groups excluding carboxylic acids is 2. The topological polar surface area (TPSA) is 113 Å². The minimum Gasteiger partial charge on any atom is -0.353 e. The van der Waals surface area contributed by atoms with Gasteiger partial charge in [0.2, 0.25) is 11.8 Å². The van der Waals surface area contributed by atoms with E-state index in [4.69, 9.17) is 0 Å². The van der Waals surface area contributed by atoms with Gasteiger partial charge >= 0.3 is 0 Å². The average Bonchev–Trinajstić information content (AvgIpc) is 2.42. The Bertz CT molecular complexity index is 529. The van der Waals surface area contributed by atoms with E-state index in [0.29, 0.717) is 18.8 Å². The number of hydrogen-bond donors (Lipinski definition) is 3. The van der Waals surface area contributed by atoms with Gasteiger partial charge in [0.15, 0.2) is 0 Å². The van der Waals surface area contributed by atoms with Gasteiger partial charge in [-0.1, -0.05) is 0 Å². The average molecular weight is 278 g/mol. The summed E-state index contributed by atoms with van der Waals surface area (Å²) in [5.41, 5.74) is 0.410. The molecule has 1 aliphatic heterocycles. The van der Waals surface area contributed by atoms with Crippen molar-refractivity contribution in [3.05, 3.63) is 34.4 Å². The summed E-state index contributed by atoms with van der Waals surface area (Å²) < 4.78 is 0. The second-order valence-electron chi connectivity index (χ2n) is 4.35.